The fourth-order valence-electron chi connectivity index (χ4n) is 2.90. The number of hydrogen-bond donors (Lipinski definition) is 1. The fourth-order valence-corrected chi connectivity index (χ4v) is 3.66. The molecule has 6 heteroatoms. The average Bonchev–Trinajstić information content (AvgIpc) is 3.16. The summed E-state index contributed by atoms with van der Waals surface area (Å²) < 4.78 is 5.57. The highest BCUT2D eigenvalue weighted by molar-refractivity contribution is 7.13. The van der Waals surface area contributed by atoms with E-state index in [9.17, 15) is 4.79 Å². The normalized spacial score (nSPS) is 18.6. The molecule has 1 N–H and O–H groups in total. The SMILES string of the molecule is CNCC1CCCN(C(=O)c2csc(-c3ccc(C)o3)n2)C1. The van der Waals surface area contributed by atoms with E-state index in [0.29, 0.717) is 11.6 Å². The molecule has 1 saturated heterocycles. The number of hydrogen-bond acceptors (Lipinski definition) is 5. The summed E-state index contributed by atoms with van der Waals surface area (Å²) in [5.74, 6) is 2.15. The van der Waals surface area contributed by atoms with E-state index in [1.54, 1.807) is 0 Å². The topological polar surface area (TPSA) is 58.4 Å². The molecule has 1 amide bonds. The third-order valence-corrected chi connectivity index (χ3v) is 4.83. The number of thiazole rings is 1. The maximum atomic E-state index is 12.6. The molecule has 1 fully saturated rings. The van der Waals surface area contributed by atoms with Crippen molar-refractivity contribution in [3.63, 3.8) is 0 Å². The van der Waals surface area contributed by atoms with E-state index >= 15 is 0 Å². The number of amides is 1. The molecular formula is C16H21N3O2S. The molecule has 5 nitrogen and oxygen atoms in total. The standard InChI is InChI=1S/C16H21N3O2S/c1-11-5-6-14(21-11)15-18-13(10-22-15)16(20)19-7-3-4-12(9-19)8-17-2/h5-6,10,12,17H,3-4,7-9H2,1-2H3. The van der Waals surface area contributed by atoms with Crippen LogP contribution in [-0.4, -0.2) is 42.5 Å². The molecule has 2 aromatic heterocycles. The van der Waals surface area contributed by atoms with Gasteiger partial charge in [0.15, 0.2) is 10.8 Å². The summed E-state index contributed by atoms with van der Waals surface area (Å²) >= 11 is 1.45. The van der Waals surface area contributed by atoms with Gasteiger partial charge in [-0.25, -0.2) is 4.98 Å². The summed E-state index contributed by atoms with van der Waals surface area (Å²) in [7, 11) is 1.96. The Morgan fingerprint density at radius 3 is 3.14 bits per heavy atom. The largest absolute Gasteiger partial charge is 0.459 e. The van der Waals surface area contributed by atoms with E-state index in [4.69, 9.17) is 4.42 Å². The molecule has 0 radical (unpaired) electrons. The van der Waals surface area contributed by atoms with Gasteiger partial charge in [-0.1, -0.05) is 0 Å². The second-order valence-electron chi connectivity index (χ2n) is 5.77. The van der Waals surface area contributed by atoms with Gasteiger partial charge in [0.25, 0.3) is 5.91 Å². The van der Waals surface area contributed by atoms with E-state index in [1.165, 1.54) is 17.8 Å². The maximum Gasteiger partial charge on any atom is 0.273 e. The van der Waals surface area contributed by atoms with Crippen LogP contribution in [0.5, 0.6) is 0 Å². The fraction of sp³-hybridized carbons (Fsp3) is 0.500. The van der Waals surface area contributed by atoms with Crippen LogP contribution in [0.25, 0.3) is 10.8 Å². The summed E-state index contributed by atoms with van der Waals surface area (Å²) in [5.41, 5.74) is 0.527. The van der Waals surface area contributed by atoms with Gasteiger partial charge in [0, 0.05) is 18.5 Å². The van der Waals surface area contributed by atoms with Crippen LogP contribution in [0, 0.1) is 12.8 Å². The van der Waals surface area contributed by atoms with Gasteiger partial charge in [-0.2, -0.15) is 0 Å². The van der Waals surface area contributed by atoms with Crippen molar-refractivity contribution in [1.82, 2.24) is 15.2 Å². The molecule has 3 heterocycles. The van der Waals surface area contributed by atoms with E-state index < -0.39 is 0 Å². The number of rotatable bonds is 4. The molecule has 1 atom stereocenters. The quantitative estimate of drug-likeness (QED) is 0.941. The van der Waals surface area contributed by atoms with Gasteiger partial charge in [0.05, 0.1) is 0 Å². The monoisotopic (exact) mass is 319 g/mol. The van der Waals surface area contributed by atoms with E-state index in [1.807, 2.05) is 36.4 Å². The lowest BCUT2D eigenvalue weighted by atomic mass is 9.98. The Balaban J connectivity index is 1.71. The highest BCUT2D eigenvalue weighted by Gasteiger charge is 2.25. The molecular weight excluding hydrogens is 298 g/mol. The zero-order valence-electron chi connectivity index (χ0n) is 13.0. The van der Waals surface area contributed by atoms with Crippen LogP contribution < -0.4 is 5.32 Å². The van der Waals surface area contributed by atoms with E-state index in [2.05, 4.69) is 10.3 Å². The number of carbonyl (C=O) groups excluding carboxylic acids is 1. The number of nitrogens with one attached hydrogen (secondary N) is 1. The van der Waals surface area contributed by atoms with Crippen LogP contribution in [0.1, 0.15) is 29.1 Å². The maximum absolute atomic E-state index is 12.6. The van der Waals surface area contributed by atoms with Gasteiger partial charge < -0.3 is 14.6 Å². The molecule has 2 aromatic rings. The summed E-state index contributed by atoms with van der Waals surface area (Å²) in [6.07, 6.45) is 2.24. The third-order valence-electron chi connectivity index (χ3n) is 3.97. The minimum absolute atomic E-state index is 0.0339. The summed E-state index contributed by atoms with van der Waals surface area (Å²) in [4.78, 5) is 19.0. The lowest BCUT2D eigenvalue weighted by molar-refractivity contribution is 0.0669. The predicted octanol–water partition coefficient (Wildman–Crippen LogP) is 2.78. The Bertz CT molecular complexity index is 647. The highest BCUT2D eigenvalue weighted by atomic mass is 32.1. The van der Waals surface area contributed by atoms with Crippen molar-refractivity contribution in [3.8, 4) is 10.8 Å². The number of carbonyl (C=O) groups is 1. The van der Waals surface area contributed by atoms with Crippen molar-refractivity contribution < 1.29 is 9.21 Å². The molecule has 0 spiro atoms. The highest BCUT2D eigenvalue weighted by Crippen LogP contribution is 2.26. The summed E-state index contributed by atoms with van der Waals surface area (Å²) in [6, 6.07) is 3.80. The van der Waals surface area contributed by atoms with Crippen molar-refractivity contribution in [3.05, 3.63) is 29.0 Å². The van der Waals surface area contributed by atoms with Crippen molar-refractivity contribution in [2.75, 3.05) is 26.7 Å². The second kappa shape index (κ2) is 6.62. The molecule has 0 saturated carbocycles. The van der Waals surface area contributed by atoms with Crippen molar-refractivity contribution in [1.29, 1.82) is 0 Å². The smallest absolute Gasteiger partial charge is 0.273 e. The number of aromatic nitrogens is 1. The zero-order valence-corrected chi connectivity index (χ0v) is 13.8. The van der Waals surface area contributed by atoms with Crippen LogP contribution >= 0.6 is 11.3 Å². The Kier molecular flexibility index (Phi) is 4.59. The van der Waals surface area contributed by atoms with Crippen LogP contribution in [0.15, 0.2) is 21.9 Å². The van der Waals surface area contributed by atoms with Gasteiger partial charge >= 0.3 is 0 Å². The van der Waals surface area contributed by atoms with Crippen molar-refractivity contribution >= 4 is 17.2 Å². The Hall–Kier alpha value is -1.66. The second-order valence-corrected chi connectivity index (χ2v) is 6.62. The van der Waals surface area contributed by atoms with Crippen LogP contribution in [-0.2, 0) is 0 Å². The van der Waals surface area contributed by atoms with Crippen LogP contribution in [0.2, 0.25) is 0 Å². The van der Waals surface area contributed by atoms with Gasteiger partial charge in [-0.05, 0) is 51.4 Å². The van der Waals surface area contributed by atoms with Crippen LogP contribution in [0.3, 0.4) is 0 Å². The molecule has 0 aromatic carbocycles. The molecule has 1 aliphatic rings. The van der Waals surface area contributed by atoms with Gasteiger partial charge in [-0.3, -0.25) is 4.79 Å². The summed E-state index contributed by atoms with van der Waals surface area (Å²) in [6.45, 7) is 4.49. The summed E-state index contributed by atoms with van der Waals surface area (Å²) in [5, 5.41) is 5.80. The first-order valence-electron chi connectivity index (χ1n) is 7.63. The molecule has 1 unspecified atom stereocenters. The molecule has 0 bridgehead atoms. The predicted molar refractivity (Wildman–Crippen MR) is 87.1 cm³/mol. The van der Waals surface area contributed by atoms with E-state index in [-0.39, 0.29) is 5.91 Å². The van der Waals surface area contributed by atoms with Gasteiger partial charge in [-0.15, -0.1) is 11.3 Å². The van der Waals surface area contributed by atoms with Gasteiger partial charge in [0.1, 0.15) is 11.5 Å². The first-order valence-corrected chi connectivity index (χ1v) is 8.51. The first-order chi connectivity index (χ1) is 10.7. The zero-order chi connectivity index (χ0) is 15.5. The number of likely N-dealkylation sites (tertiary alicyclic amines) is 1. The lowest BCUT2D eigenvalue weighted by Crippen LogP contribution is -2.42. The molecule has 0 aliphatic carbocycles. The number of piperidine rings is 1. The van der Waals surface area contributed by atoms with Crippen molar-refractivity contribution in [2.45, 2.75) is 19.8 Å². The number of aryl methyl sites for hydroxylation is 1. The molecule has 118 valence electrons. The van der Waals surface area contributed by atoms with Gasteiger partial charge in [0.2, 0.25) is 0 Å². The van der Waals surface area contributed by atoms with Crippen molar-refractivity contribution in [2.24, 2.45) is 5.92 Å². The minimum Gasteiger partial charge on any atom is -0.459 e. The molecule has 3 rings (SSSR count). The molecule has 1 aliphatic heterocycles. The Labute approximate surface area is 134 Å². The average molecular weight is 319 g/mol. The van der Waals surface area contributed by atoms with Crippen LogP contribution in [0.4, 0.5) is 0 Å². The molecule has 22 heavy (non-hydrogen) atoms. The van der Waals surface area contributed by atoms with E-state index in [0.717, 1.165) is 42.6 Å². The number of nitrogens with zero attached hydrogens (tertiary/aromatic N) is 2. The number of furan rings is 1. The Morgan fingerprint density at radius 1 is 1.55 bits per heavy atom. The minimum atomic E-state index is 0.0339. The lowest BCUT2D eigenvalue weighted by Gasteiger charge is -2.32. The first kappa shape index (κ1) is 15.2. The third kappa shape index (κ3) is 3.23. The Morgan fingerprint density at radius 2 is 2.41 bits per heavy atom.